The van der Waals surface area contributed by atoms with Gasteiger partial charge in [0.2, 0.25) is 0 Å². The van der Waals surface area contributed by atoms with Crippen LogP contribution in [0.2, 0.25) is 0 Å². The lowest BCUT2D eigenvalue weighted by Gasteiger charge is -1.97. The standard InChI is InChI=1S/C4H10O3S.C3H7N/c1-4(2)3-8(5,6)7;1-2-3-4/h4H,3H2,1-2H3,(H,5,6,7);2H,1,3-4H2. The van der Waals surface area contributed by atoms with E-state index in [9.17, 15) is 8.42 Å². The quantitative estimate of drug-likeness (QED) is 0.512. The van der Waals surface area contributed by atoms with Gasteiger partial charge in [-0.15, -0.1) is 6.58 Å². The molecule has 0 atom stereocenters. The first kappa shape index (κ1) is 14.2. The molecule has 0 bridgehead atoms. The molecular weight excluding hydrogens is 178 g/mol. The van der Waals surface area contributed by atoms with Crippen LogP contribution in [0.25, 0.3) is 0 Å². The Morgan fingerprint density at radius 3 is 1.92 bits per heavy atom. The van der Waals surface area contributed by atoms with Crippen molar-refractivity contribution in [2.75, 3.05) is 12.3 Å². The molecule has 12 heavy (non-hydrogen) atoms. The van der Waals surface area contributed by atoms with Crippen LogP contribution in [0.5, 0.6) is 0 Å². The van der Waals surface area contributed by atoms with E-state index in [1.54, 1.807) is 19.9 Å². The lowest BCUT2D eigenvalue weighted by molar-refractivity contribution is 0.473. The van der Waals surface area contributed by atoms with Gasteiger partial charge in [-0.05, 0) is 5.92 Å². The molecule has 0 spiro atoms. The van der Waals surface area contributed by atoms with Crippen LogP contribution in [0.15, 0.2) is 12.7 Å². The molecule has 3 N–H and O–H groups in total. The molecule has 5 heteroatoms. The SMILES string of the molecule is C=CCN.CC(C)CS(=O)(=O)O. The zero-order chi connectivity index (χ0) is 10.2. The van der Waals surface area contributed by atoms with E-state index in [2.05, 4.69) is 6.58 Å². The fraction of sp³-hybridized carbons (Fsp3) is 0.714. The Morgan fingerprint density at radius 2 is 1.92 bits per heavy atom. The number of rotatable bonds is 3. The maximum atomic E-state index is 10.00. The molecular formula is C7H17NO3S. The first-order valence-corrected chi connectivity index (χ1v) is 5.20. The Kier molecular flexibility index (Phi) is 8.57. The molecule has 0 aromatic rings. The van der Waals surface area contributed by atoms with Gasteiger partial charge < -0.3 is 5.73 Å². The zero-order valence-corrected chi connectivity index (χ0v) is 8.34. The average Bonchev–Trinajstić information content (AvgIpc) is 1.83. The average molecular weight is 195 g/mol. The van der Waals surface area contributed by atoms with E-state index >= 15 is 0 Å². The maximum absolute atomic E-state index is 10.00. The third-order valence-corrected chi connectivity index (χ3v) is 1.80. The minimum Gasteiger partial charge on any atom is -0.327 e. The van der Waals surface area contributed by atoms with Gasteiger partial charge in [0, 0.05) is 6.54 Å². The molecule has 4 nitrogen and oxygen atoms in total. The fourth-order valence-electron chi connectivity index (χ4n) is 0.421. The van der Waals surface area contributed by atoms with Crippen LogP contribution in [-0.4, -0.2) is 25.3 Å². The predicted octanol–water partition coefficient (Wildman–Crippen LogP) is 0.661. The summed E-state index contributed by atoms with van der Waals surface area (Å²) in [6, 6.07) is 0. The van der Waals surface area contributed by atoms with Gasteiger partial charge in [-0.2, -0.15) is 8.42 Å². The van der Waals surface area contributed by atoms with E-state index < -0.39 is 10.1 Å². The van der Waals surface area contributed by atoms with Gasteiger partial charge in [-0.3, -0.25) is 4.55 Å². The minimum atomic E-state index is -3.72. The molecule has 0 fully saturated rings. The normalized spacial score (nSPS) is 10.4. The second-order valence-electron chi connectivity index (χ2n) is 2.67. The molecule has 0 aromatic carbocycles. The van der Waals surface area contributed by atoms with Crippen molar-refractivity contribution in [3.63, 3.8) is 0 Å². The number of hydrogen-bond donors (Lipinski definition) is 2. The van der Waals surface area contributed by atoms with Crippen molar-refractivity contribution in [1.29, 1.82) is 0 Å². The molecule has 0 saturated carbocycles. The highest BCUT2D eigenvalue weighted by Gasteiger charge is 2.05. The summed E-state index contributed by atoms with van der Waals surface area (Å²) in [5.74, 6) is -0.141. The van der Waals surface area contributed by atoms with Gasteiger partial charge in [0.05, 0.1) is 5.75 Å². The fourth-order valence-corrected chi connectivity index (χ4v) is 1.26. The summed E-state index contributed by atoms with van der Waals surface area (Å²) < 4.78 is 28.2. The molecule has 0 aliphatic carbocycles. The van der Waals surface area contributed by atoms with E-state index in [0.29, 0.717) is 6.54 Å². The summed E-state index contributed by atoms with van der Waals surface area (Å²) in [7, 11) is -3.72. The summed E-state index contributed by atoms with van der Waals surface area (Å²) in [6.45, 7) is 7.40. The van der Waals surface area contributed by atoms with Crippen molar-refractivity contribution in [3.05, 3.63) is 12.7 Å². The van der Waals surface area contributed by atoms with Gasteiger partial charge in [0.15, 0.2) is 0 Å². The van der Waals surface area contributed by atoms with Crippen molar-refractivity contribution >= 4 is 10.1 Å². The highest BCUT2D eigenvalue weighted by atomic mass is 32.2. The monoisotopic (exact) mass is 195 g/mol. The molecule has 0 heterocycles. The van der Waals surface area contributed by atoms with Gasteiger partial charge in [0.25, 0.3) is 10.1 Å². The Labute approximate surface area is 74.2 Å². The largest absolute Gasteiger partial charge is 0.327 e. The van der Waals surface area contributed by atoms with E-state index in [0.717, 1.165) is 0 Å². The highest BCUT2D eigenvalue weighted by molar-refractivity contribution is 7.85. The highest BCUT2D eigenvalue weighted by Crippen LogP contribution is 1.95. The Morgan fingerprint density at radius 1 is 1.58 bits per heavy atom. The Balaban J connectivity index is 0. The van der Waals surface area contributed by atoms with Crippen LogP contribution in [-0.2, 0) is 10.1 Å². The van der Waals surface area contributed by atoms with Gasteiger partial charge in [-0.25, -0.2) is 0 Å². The minimum absolute atomic E-state index is 0.00463. The first-order valence-electron chi connectivity index (χ1n) is 3.59. The molecule has 0 unspecified atom stereocenters. The van der Waals surface area contributed by atoms with Crippen LogP contribution in [0.1, 0.15) is 13.8 Å². The topological polar surface area (TPSA) is 80.4 Å². The second kappa shape index (κ2) is 7.27. The van der Waals surface area contributed by atoms with Gasteiger partial charge in [-0.1, -0.05) is 19.9 Å². The third-order valence-electron chi connectivity index (χ3n) is 0.711. The van der Waals surface area contributed by atoms with Crippen molar-refractivity contribution in [1.82, 2.24) is 0 Å². The molecule has 0 aliphatic heterocycles. The second-order valence-corrected chi connectivity index (χ2v) is 4.16. The predicted molar refractivity (Wildman–Crippen MR) is 50.5 cm³/mol. The molecule has 0 amide bonds. The lowest BCUT2D eigenvalue weighted by Crippen LogP contribution is -2.09. The molecule has 0 aliphatic rings. The third kappa shape index (κ3) is 22.6. The van der Waals surface area contributed by atoms with E-state index in [1.165, 1.54) is 0 Å². The van der Waals surface area contributed by atoms with E-state index in [1.807, 2.05) is 0 Å². The van der Waals surface area contributed by atoms with Gasteiger partial charge in [0.1, 0.15) is 0 Å². The summed E-state index contributed by atoms with van der Waals surface area (Å²) >= 11 is 0. The van der Waals surface area contributed by atoms with Crippen molar-refractivity contribution < 1.29 is 13.0 Å². The van der Waals surface area contributed by atoms with Crippen LogP contribution in [0.4, 0.5) is 0 Å². The first-order chi connectivity index (χ1) is 5.33. The van der Waals surface area contributed by atoms with Crippen LogP contribution in [0, 0.1) is 5.92 Å². The summed E-state index contributed by atoms with van der Waals surface area (Å²) in [5, 5.41) is 0. The van der Waals surface area contributed by atoms with Crippen molar-refractivity contribution in [3.8, 4) is 0 Å². The van der Waals surface area contributed by atoms with Gasteiger partial charge >= 0.3 is 0 Å². The number of hydrogen-bond acceptors (Lipinski definition) is 3. The van der Waals surface area contributed by atoms with Crippen LogP contribution >= 0.6 is 0 Å². The molecule has 0 saturated heterocycles. The Hall–Kier alpha value is -0.390. The summed E-state index contributed by atoms with van der Waals surface area (Å²) in [5.41, 5.74) is 4.91. The smallest absolute Gasteiger partial charge is 0.265 e. The lowest BCUT2D eigenvalue weighted by atomic mass is 10.3. The van der Waals surface area contributed by atoms with Crippen LogP contribution < -0.4 is 5.73 Å². The zero-order valence-electron chi connectivity index (χ0n) is 7.53. The number of nitrogens with two attached hydrogens (primary N) is 1. The molecule has 74 valence electrons. The van der Waals surface area contributed by atoms with E-state index in [4.69, 9.17) is 10.3 Å². The van der Waals surface area contributed by atoms with E-state index in [-0.39, 0.29) is 11.7 Å². The summed E-state index contributed by atoms with van der Waals surface area (Å²) in [4.78, 5) is 0. The summed E-state index contributed by atoms with van der Waals surface area (Å²) in [6.07, 6.45) is 1.65. The maximum Gasteiger partial charge on any atom is 0.265 e. The van der Waals surface area contributed by atoms with Crippen molar-refractivity contribution in [2.45, 2.75) is 13.8 Å². The molecule has 0 radical (unpaired) electrons. The van der Waals surface area contributed by atoms with Crippen LogP contribution in [0.3, 0.4) is 0 Å². The molecule has 0 rings (SSSR count). The Bertz CT molecular complexity index is 197. The molecule has 0 aromatic heterocycles. The van der Waals surface area contributed by atoms with Crippen molar-refractivity contribution in [2.24, 2.45) is 11.7 Å².